The van der Waals surface area contributed by atoms with Crippen LogP contribution in [0, 0.1) is 12.7 Å². The molecule has 1 N–H and O–H groups in total. The van der Waals surface area contributed by atoms with Crippen molar-refractivity contribution >= 4 is 5.91 Å². The first-order valence-corrected chi connectivity index (χ1v) is 7.04. The number of hydrogen-bond donors (Lipinski definition) is 1. The molecule has 0 spiro atoms. The van der Waals surface area contributed by atoms with Gasteiger partial charge in [0, 0.05) is 31.6 Å². The second kappa shape index (κ2) is 5.84. The Morgan fingerprint density at radius 2 is 2.14 bits per heavy atom. The summed E-state index contributed by atoms with van der Waals surface area (Å²) in [6, 6.07) is 4.27. The predicted octanol–water partition coefficient (Wildman–Crippen LogP) is 1.95. The summed E-state index contributed by atoms with van der Waals surface area (Å²) in [5.74, 6) is -0.201. The Hall–Kier alpha value is -2.28. The van der Waals surface area contributed by atoms with Crippen molar-refractivity contribution in [3.63, 3.8) is 0 Å². The number of benzene rings is 1. The van der Waals surface area contributed by atoms with Crippen LogP contribution in [0.5, 0.6) is 0 Å². The molecule has 2 heterocycles. The van der Waals surface area contributed by atoms with Crippen LogP contribution >= 0.6 is 0 Å². The van der Waals surface area contributed by atoms with E-state index in [-0.39, 0.29) is 11.7 Å². The molecule has 0 unspecified atom stereocenters. The highest BCUT2D eigenvalue weighted by atomic mass is 19.1. The van der Waals surface area contributed by atoms with Gasteiger partial charge >= 0.3 is 0 Å². The van der Waals surface area contributed by atoms with Gasteiger partial charge < -0.3 is 14.6 Å². The largest absolute Gasteiger partial charge is 0.381 e. The average molecular weight is 305 g/mol. The summed E-state index contributed by atoms with van der Waals surface area (Å²) in [5, 5.41) is 6.85. The van der Waals surface area contributed by atoms with Gasteiger partial charge in [-0.2, -0.15) is 4.98 Å². The van der Waals surface area contributed by atoms with Crippen LogP contribution in [0.2, 0.25) is 0 Å². The van der Waals surface area contributed by atoms with Crippen molar-refractivity contribution in [2.24, 2.45) is 0 Å². The monoisotopic (exact) mass is 305 g/mol. The fourth-order valence-corrected chi connectivity index (χ4v) is 2.58. The van der Waals surface area contributed by atoms with Crippen LogP contribution in [0.25, 0.3) is 0 Å². The SMILES string of the molecule is Cc1cc(C(=O)NC2(c3ncon3)CCOCC2)ccc1F. The molecule has 1 amide bonds. The summed E-state index contributed by atoms with van der Waals surface area (Å²) in [4.78, 5) is 16.6. The van der Waals surface area contributed by atoms with Crippen molar-refractivity contribution in [1.82, 2.24) is 15.5 Å². The lowest BCUT2D eigenvalue weighted by Crippen LogP contribution is -2.50. The van der Waals surface area contributed by atoms with E-state index >= 15 is 0 Å². The van der Waals surface area contributed by atoms with Crippen molar-refractivity contribution in [1.29, 1.82) is 0 Å². The molecule has 1 fully saturated rings. The minimum atomic E-state index is -0.718. The van der Waals surface area contributed by atoms with Crippen LogP contribution in [0.1, 0.15) is 34.6 Å². The summed E-state index contributed by atoms with van der Waals surface area (Å²) in [7, 11) is 0. The van der Waals surface area contributed by atoms with E-state index in [0.29, 0.717) is 43.0 Å². The van der Waals surface area contributed by atoms with Gasteiger partial charge in [-0.05, 0) is 30.7 Å². The highest BCUT2D eigenvalue weighted by Gasteiger charge is 2.40. The van der Waals surface area contributed by atoms with Gasteiger partial charge in [0.25, 0.3) is 5.91 Å². The van der Waals surface area contributed by atoms with Crippen LogP contribution in [0.15, 0.2) is 29.1 Å². The zero-order valence-electron chi connectivity index (χ0n) is 12.1. The molecule has 1 aromatic heterocycles. The van der Waals surface area contributed by atoms with Gasteiger partial charge in [0.2, 0.25) is 6.39 Å². The molecule has 0 bridgehead atoms. The summed E-state index contributed by atoms with van der Waals surface area (Å²) in [6.07, 6.45) is 2.34. The Bertz CT molecular complexity index is 667. The summed E-state index contributed by atoms with van der Waals surface area (Å²) in [6.45, 7) is 2.62. The average Bonchev–Trinajstić information content (AvgIpc) is 3.06. The number of ether oxygens (including phenoxy) is 1. The maximum atomic E-state index is 13.3. The molecule has 0 saturated carbocycles. The first-order valence-electron chi connectivity index (χ1n) is 7.04. The quantitative estimate of drug-likeness (QED) is 0.938. The number of aromatic nitrogens is 2. The molecule has 0 radical (unpaired) electrons. The van der Waals surface area contributed by atoms with E-state index in [1.54, 1.807) is 6.92 Å². The lowest BCUT2D eigenvalue weighted by Gasteiger charge is -2.35. The number of aryl methyl sites for hydroxylation is 1. The first-order chi connectivity index (χ1) is 10.6. The van der Waals surface area contributed by atoms with E-state index in [1.807, 2.05) is 0 Å². The standard InChI is InChI=1S/C15H16FN3O3/c1-10-8-11(2-3-12(10)16)13(20)18-15(4-6-21-7-5-15)14-17-9-22-19-14/h2-3,8-9H,4-7H2,1H3,(H,18,20). The van der Waals surface area contributed by atoms with Crippen LogP contribution in [-0.2, 0) is 10.3 Å². The van der Waals surface area contributed by atoms with E-state index in [1.165, 1.54) is 24.6 Å². The summed E-state index contributed by atoms with van der Waals surface area (Å²) in [5.41, 5.74) is 0.103. The van der Waals surface area contributed by atoms with Gasteiger partial charge in [0.15, 0.2) is 5.82 Å². The number of carbonyl (C=O) groups is 1. The van der Waals surface area contributed by atoms with E-state index in [0.717, 1.165) is 0 Å². The molecule has 116 valence electrons. The number of amides is 1. The third-order valence-corrected chi connectivity index (χ3v) is 3.91. The number of rotatable bonds is 3. The van der Waals surface area contributed by atoms with Crippen molar-refractivity contribution in [2.75, 3.05) is 13.2 Å². The van der Waals surface area contributed by atoms with Crippen LogP contribution in [-0.4, -0.2) is 29.3 Å². The van der Waals surface area contributed by atoms with Gasteiger partial charge in [-0.3, -0.25) is 4.79 Å². The van der Waals surface area contributed by atoms with Gasteiger partial charge in [-0.15, -0.1) is 0 Å². The zero-order chi connectivity index (χ0) is 15.6. The molecule has 3 rings (SSSR count). The predicted molar refractivity (Wildman–Crippen MR) is 74.6 cm³/mol. The smallest absolute Gasteiger partial charge is 0.252 e. The Morgan fingerprint density at radius 1 is 1.36 bits per heavy atom. The maximum Gasteiger partial charge on any atom is 0.252 e. The zero-order valence-corrected chi connectivity index (χ0v) is 12.1. The topological polar surface area (TPSA) is 77.3 Å². The van der Waals surface area contributed by atoms with Gasteiger partial charge in [-0.1, -0.05) is 5.16 Å². The molecule has 0 atom stereocenters. The highest BCUT2D eigenvalue weighted by molar-refractivity contribution is 5.94. The fraction of sp³-hybridized carbons (Fsp3) is 0.400. The molecule has 7 heteroatoms. The number of nitrogens with one attached hydrogen (secondary N) is 1. The van der Waals surface area contributed by atoms with E-state index < -0.39 is 5.54 Å². The van der Waals surface area contributed by atoms with Gasteiger partial charge in [0.1, 0.15) is 11.4 Å². The molecular weight excluding hydrogens is 289 g/mol. The normalized spacial score (nSPS) is 17.2. The third-order valence-electron chi connectivity index (χ3n) is 3.91. The van der Waals surface area contributed by atoms with Crippen LogP contribution < -0.4 is 5.32 Å². The molecule has 0 aliphatic carbocycles. The van der Waals surface area contributed by atoms with Crippen molar-refractivity contribution in [3.05, 3.63) is 47.4 Å². The molecule has 1 aromatic carbocycles. The van der Waals surface area contributed by atoms with Gasteiger partial charge in [0.05, 0.1) is 0 Å². The Balaban J connectivity index is 1.87. The van der Waals surface area contributed by atoms with E-state index in [2.05, 4.69) is 15.5 Å². The second-order valence-corrected chi connectivity index (χ2v) is 5.37. The molecule has 1 aliphatic rings. The fourth-order valence-electron chi connectivity index (χ4n) is 2.58. The molecule has 22 heavy (non-hydrogen) atoms. The molecule has 1 aliphatic heterocycles. The summed E-state index contributed by atoms with van der Waals surface area (Å²) < 4.78 is 23.5. The Morgan fingerprint density at radius 3 is 2.77 bits per heavy atom. The highest BCUT2D eigenvalue weighted by Crippen LogP contribution is 2.30. The van der Waals surface area contributed by atoms with Crippen LogP contribution in [0.3, 0.4) is 0 Å². The molecule has 1 saturated heterocycles. The van der Waals surface area contributed by atoms with Crippen molar-refractivity contribution in [2.45, 2.75) is 25.3 Å². The summed E-state index contributed by atoms with van der Waals surface area (Å²) >= 11 is 0. The lowest BCUT2D eigenvalue weighted by atomic mass is 9.88. The second-order valence-electron chi connectivity index (χ2n) is 5.37. The first kappa shape index (κ1) is 14.6. The number of nitrogens with zero attached hydrogens (tertiary/aromatic N) is 2. The van der Waals surface area contributed by atoms with Crippen molar-refractivity contribution in [3.8, 4) is 0 Å². The molecule has 2 aromatic rings. The Labute approximate surface area is 126 Å². The minimum Gasteiger partial charge on any atom is -0.381 e. The minimum absolute atomic E-state index is 0.296. The molecular formula is C15H16FN3O3. The third kappa shape index (κ3) is 2.71. The maximum absolute atomic E-state index is 13.3. The number of halogens is 1. The van der Waals surface area contributed by atoms with Gasteiger partial charge in [-0.25, -0.2) is 4.39 Å². The van der Waals surface area contributed by atoms with E-state index in [9.17, 15) is 9.18 Å². The van der Waals surface area contributed by atoms with Crippen molar-refractivity contribution < 1.29 is 18.4 Å². The Kier molecular flexibility index (Phi) is 3.89. The lowest BCUT2D eigenvalue weighted by molar-refractivity contribution is 0.0306. The number of hydrogen-bond acceptors (Lipinski definition) is 5. The molecule has 6 nitrogen and oxygen atoms in total. The van der Waals surface area contributed by atoms with E-state index in [4.69, 9.17) is 9.26 Å². The number of carbonyl (C=O) groups excluding carboxylic acids is 1. The van der Waals surface area contributed by atoms with Crippen LogP contribution in [0.4, 0.5) is 4.39 Å².